The molecule has 3 heterocycles. The van der Waals surface area contributed by atoms with Gasteiger partial charge in [0.05, 0.1) is 27.6 Å². The van der Waals surface area contributed by atoms with E-state index < -0.39 is 0 Å². The first-order valence-electron chi connectivity index (χ1n) is 18.8. The molecule has 10 aromatic carbocycles. The van der Waals surface area contributed by atoms with Crippen molar-refractivity contribution in [3.05, 3.63) is 182 Å². The maximum atomic E-state index is 2.54. The molecule has 2 heteroatoms. The summed E-state index contributed by atoms with van der Waals surface area (Å²) in [6, 6.07) is 67.6. The van der Waals surface area contributed by atoms with Crippen LogP contribution in [-0.4, -0.2) is 8.97 Å². The number of para-hydroxylation sites is 3. The molecule has 0 radical (unpaired) electrons. The van der Waals surface area contributed by atoms with Gasteiger partial charge in [0.25, 0.3) is 0 Å². The summed E-state index contributed by atoms with van der Waals surface area (Å²) in [5.41, 5.74) is 9.87. The van der Waals surface area contributed by atoms with Crippen LogP contribution < -0.4 is 0 Å². The van der Waals surface area contributed by atoms with E-state index in [4.69, 9.17) is 0 Å². The standard InChI is InChI=1S/C52H30N2/c1-2-15-37-35(13-1)36-14-3-4-16-38(36)45-30-33(24-26-39(37)45)32-11-9-12-34(29-32)53-47-22-8-6-18-44(47)50-48(53)28-25-31-23-27-43-42-20-10-19-41-40-17-5-7-21-46(40)54(51(41)42)52(43)49(31)50/h1-30H. The molecule has 0 aliphatic rings. The van der Waals surface area contributed by atoms with Crippen molar-refractivity contribution in [2.75, 3.05) is 0 Å². The average Bonchev–Trinajstić information content (AvgIpc) is 3.89. The molecular formula is C52H30N2. The Labute approximate surface area is 309 Å². The second-order valence-electron chi connectivity index (χ2n) is 14.8. The van der Waals surface area contributed by atoms with E-state index in [-0.39, 0.29) is 0 Å². The van der Waals surface area contributed by atoms with Gasteiger partial charge in [0.15, 0.2) is 0 Å². The molecule has 2 nitrogen and oxygen atoms in total. The zero-order valence-corrected chi connectivity index (χ0v) is 29.2. The molecule has 54 heavy (non-hydrogen) atoms. The largest absolute Gasteiger partial charge is 0.309 e. The van der Waals surface area contributed by atoms with E-state index >= 15 is 0 Å². The quantitative estimate of drug-likeness (QED) is 0.161. The smallest absolute Gasteiger partial charge is 0.0627 e. The molecule has 0 spiro atoms. The molecular weight excluding hydrogens is 653 g/mol. The Hall–Kier alpha value is -7.16. The molecule has 0 fully saturated rings. The second kappa shape index (κ2) is 10.2. The molecule has 3 aromatic heterocycles. The Bertz CT molecular complexity index is 3690. The second-order valence-corrected chi connectivity index (χ2v) is 14.8. The average molecular weight is 683 g/mol. The van der Waals surface area contributed by atoms with Gasteiger partial charge >= 0.3 is 0 Å². The Balaban J connectivity index is 1.10. The Morgan fingerprint density at radius 1 is 0.278 bits per heavy atom. The molecule has 0 saturated carbocycles. The van der Waals surface area contributed by atoms with E-state index in [1.165, 1.54) is 114 Å². The molecule has 248 valence electrons. The molecule has 0 saturated heterocycles. The van der Waals surface area contributed by atoms with Crippen LogP contribution in [0.5, 0.6) is 0 Å². The minimum Gasteiger partial charge on any atom is -0.309 e. The summed E-state index contributed by atoms with van der Waals surface area (Å²) in [6.45, 7) is 0. The number of hydrogen-bond acceptors (Lipinski definition) is 0. The predicted molar refractivity (Wildman–Crippen MR) is 231 cm³/mol. The SMILES string of the molecule is c1cc(-c2ccc3c4ccccc4c4ccccc4c3c2)cc(-n2c3ccccc3c3c4c(ccc5c6cccc7c8ccccc8n(c76)c54)ccc32)c1. The topological polar surface area (TPSA) is 9.34 Å². The van der Waals surface area contributed by atoms with Crippen molar-refractivity contribution < 1.29 is 0 Å². The van der Waals surface area contributed by atoms with E-state index in [2.05, 4.69) is 191 Å². The minimum absolute atomic E-state index is 1.16. The van der Waals surface area contributed by atoms with E-state index in [9.17, 15) is 0 Å². The molecule has 0 aliphatic carbocycles. The third kappa shape index (κ3) is 3.55. The summed E-state index contributed by atoms with van der Waals surface area (Å²) in [5, 5.41) is 18.1. The van der Waals surface area contributed by atoms with Crippen LogP contribution in [0, 0.1) is 0 Å². The molecule has 13 rings (SSSR count). The number of rotatable bonds is 2. The highest BCUT2D eigenvalue weighted by Gasteiger charge is 2.22. The van der Waals surface area contributed by atoms with E-state index in [1.807, 2.05) is 0 Å². The molecule has 0 bridgehead atoms. The van der Waals surface area contributed by atoms with Crippen LogP contribution in [0.1, 0.15) is 0 Å². The van der Waals surface area contributed by atoms with Crippen molar-refractivity contribution in [1.29, 1.82) is 0 Å². The Kier molecular flexibility index (Phi) is 5.39. The lowest BCUT2D eigenvalue weighted by Crippen LogP contribution is -1.94. The number of nitrogens with zero attached hydrogens (tertiary/aromatic N) is 2. The number of aromatic nitrogens is 2. The number of hydrogen-bond donors (Lipinski definition) is 0. The van der Waals surface area contributed by atoms with Gasteiger partial charge in [-0.2, -0.15) is 0 Å². The van der Waals surface area contributed by atoms with Gasteiger partial charge < -0.3 is 8.97 Å². The van der Waals surface area contributed by atoms with E-state index in [0.717, 1.165) is 5.69 Å². The van der Waals surface area contributed by atoms with Crippen molar-refractivity contribution in [2.24, 2.45) is 0 Å². The molecule has 0 N–H and O–H groups in total. The van der Waals surface area contributed by atoms with Crippen LogP contribution in [0.3, 0.4) is 0 Å². The van der Waals surface area contributed by atoms with Gasteiger partial charge in [-0.15, -0.1) is 0 Å². The van der Waals surface area contributed by atoms with Crippen LogP contribution in [0.2, 0.25) is 0 Å². The van der Waals surface area contributed by atoms with Crippen molar-refractivity contribution in [1.82, 2.24) is 8.97 Å². The fraction of sp³-hybridized carbons (Fsp3) is 0. The van der Waals surface area contributed by atoms with Gasteiger partial charge in [-0.25, -0.2) is 0 Å². The summed E-state index contributed by atoms with van der Waals surface area (Å²) in [5.74, 6) is 0. The first-order valence-corrected chi connectivity index (χ1v) is 18.8. The maximum Gasteiger partial charge on any atom is 0.0627 e. The fourth-order valence-corrected chi connectivity index (χ4v) is 9.97. The van der Waals surface area contributed by atoms with Crippen molar-refractivity contribution in [3.8, 4) is 16.8 Å². The zero-order valence-electron chi connectivity index (χ0n) is 29.2. The fourth-order valence-electron chi connectivity index (χ4n) is 9.97. The lowest BCUT2D eigenvalue weighted by Gasteiger charge is -2.13. The van der Waals surface area contributed by atoms with E-state index in [1.54, 1.807) is 0 Å². The summed E-state index contributed by atoms with van der Waals surface area (Å²) >= 11 is 0. The maximum absolute atomic E-state index is 2.54. The molecule has 0 aliphatic heterocycles. The van der Waals surface area contributed by atoms with Gasteiger partial charge in [-0.1, -0.05) is 146 Å². The van der Waals surface area contributed by atoms with Crippen molar-refractivity contribution in [2.45, 2.75) is 0 Å². The Morgan fingerprint density at radius 3 is 1.59 bits per heavy atom. The third-order valence-electron chi connectivity index (χ3n) is 12.2. The highest BCUT2D eigenvalue weighted by atomic mass is 15.0. The van der Waals surface area contributed by atoms with Gasteiger partial charge in [0, 0.05) is 43.4 Å². The highest BCUT2D eigenvalue weighted by Crippen LogP contribution is 2.46. The van der Waals surface area contributed by atoms with Crippen molar-refractivity contribution in [3.63, 3.8) is 0 Å². The summed E-state index contributed by atoms with van der Waals surface area (Å²) in [7, 11) is 0. The van der Waals surface area contributed by atoms with Crippen LogP contribution >= 0.6 is 0 Å². The van der Waals surface area contributed by atoms with Gasteiger partial charge in [0.1, 0.15) is 0 Å². The third-order valence-corrected chi connectivity index (χ3v) is 12.2. The van der Waals surface area contributed by atoms with Crippen LogP contribution in [0.4, 0.5) is 0 Å². The first kappa shape index (κ1) is 28.4. The lowest BCUT2D eigenvalue weighted by molar-refractivity contribution is 1.18. The normalized spacial score (nSPS) is 12.4. The predicted octanol–water partition coefficient (Wildman–Crippen LogP) is 14.2. The molecule has 13 aromatic rings. The van der Waals surface area contributed by atoms with Crippen LogP contribution in [0.15, 0.2) is 182 Å². The van der Waals surface area contributed by atoms with Gasteiger partial charge in [-0.05, 0) is 85.2 Å². The summed E-state index contributed by atoms with van der Waals surface area (Å²) < 4.78 is 5.01. The first-order chi connectivity index (χ1) is 26.8. The highest BCUT2D eigenvalue weighted by molar-refractivity contribution is 6.33. The minimum atomic E-state index is 1.16. The molecule has 0 atom stereocenters. The number of fused-ring (bicyclic) bond motifs is 18. The number of benzene rings is 10. The summed E-state index contributed by atoms with van der Waals surface area (Å²) in [6.07, 6.45) is 0. The van der Waals surface area contributed by atoms with Crippen LogP contribution in [0.25, 0.3) is 120 Å². The monoisotopic (exact) mass is 682 g/mol. The van der Waals surface area contributed by atoms with Gasteiger partial charge in [-0.3, -0.25) is 0 Å². The molecule has 0 amide bonds. The van der Waals surface area contributed by atoms with E-state index in [0.29, 0.717) is 0 Å². The van der Waals surface area contributed by atoms with Crippen molar-refractivity contribution >= 4 is 103 Å². The van der Waals surface area contributed by atoms with Gasteiger partial charge in [0.2, 0.25) is 0 Å². The Morgan fingerprint density at radius 2 is 0.815 bits per heavy atom. The summed E-state index contributed by atoms with van der Waals surface area (Å²) in [4.78, 5) is 0. The zero-order chi connectivity index (χ0) is 35.1. The molecule has 0 unspecified atom stereocenters. The van der Waals surface area contributed by atoms with Crippen LogP contribution in [-0.2, 0) is 0 Å². The lowest BCUT2D eigenvalue weighted by atomic mass is 9.92.